The van der Waals surface area contributed by atoms with Crippen molar-refractivity contribution in [2.24, 2.45) is 0 Å². The maximum atomic E-state index is 13.8. The van der Waals surface area contributed by atoms with Crippen LogP contribution in [-0.2, 0) is 17.8 Å². The van der Waals surface area contributed by atoms with E-state index in [1.165, 1.54) is 10.5 Å². The number of benzene rings is 3. The van der Waals surface area contributed by atoms with Gasteiger partial charge in [-0.2, -0.15) is 0 Å². The Kier molecular flexibility index (Phi) is 4.80. The van der Waals surface area contributed by atoms with Crippen molar-refractivity contribution < 1.29 is 9.59 Å². The van der Waals surface area contributed by atoms with Crippen molar-refractivity contribution in [2.45, 2.75) is 44.8 Å². The number of urea groups is 1. The van der Waals surface area contributed by atoms with Gasteiger partial charge in [-0.05, 0) is 34.2 Å². The van der Waals surface area contributed by atoms with Crippen LogP contribution in [0.15, 0.2) is 78.9 Å². The molecule has 1 aromatic heterocycles. The predicted octanol–water partition coefficient (Wildman–Crippen LogP) is 5.77. The lowest BCUT2D eigenvalue weighted by Gasteiger charge is -2.36. The Balaban J connectivity index is 1.47. The van der Waals surface area contributed by atoms with Crippen LogP contribution in [0.25, 0.3) is 10.9 Å². The van der Waals surface area contributed by atoms with Crippen LogP contribution in [0.2, 0.25) is 0 Å². The maximum Gasteiger partial charge on any atom is 0.328 e. The molecule has 170 valence electrons. The molecule has 1 fully saturated rings. The van der Waals surface area contributed by atoms with Crippen LogP contribution in [0.4, 0.5) is 4.79 Å². The number of imide groups is 1. The summed E-state index contributed by atoms with van der Waals surface area (Å²) in [6.45, 7) is 4.64. The zero-order valence-corrected chi connectivity index (χ0v) is 19.4. The number of amides is 3. The Labute approximate surface area is 199 Å². The first-order valence-electron chi connectivity index (χ1n) is 11.9. The number of rotatable bonds is 4. The van der Waals surface area contributed by atoms with E-state index >= 15 is 0 Å². The Hall–Kier alpha value is -3.86. The van der Waals surface area contributed by atoms with Crippen LogP contribution in [0.5, 0.6) is 0 Å². The van der Waals surface area contributed by atoms with Gasteiger partial charge in [0.1, 0.15) is 12.1 Å². The molecule has 34 heavy (non-hydrogen) atoms. The third-order valence-electron chi connectivity index (χ3n) is 7.24. The number of nitrogens with zero attached hydrogens (tertiary/aromatic N) is 2. The Morgan fingerprint density at radius 3 is 2.35 bits per heavy atom. The average Bonchev–Trinajstić information content (AvgIpc) is 3.34. The van der Waals surface area contributed by atoms with Crippen molar-refractivity contribution >= 4 is 22.8 Å². The van der Waals surface area contributed by atoms with Gasteiger partial charge in [-0.15, -0.1) is 0 Å². The Bertz CT molecular complexity index is 1390. The van der Waals surface area contributed by atoms with E-state index in [2.05, 4.69) is 55.2 Å². The summed E-state index contributed by atoms with van der Waals surface area (Å²) in [5, 5.41) is 1.13. The van der Waals surface area contributed by atoms with Gasteiger partial charge in [-0.1, -0.05) is 86.6 Å². The molecule has 0 aliphatic carbocycles. The largest absolute Gasteiger partial charge is 0.356 e. The summed E-state index contributed by atoms with van der Waals surface area (Å²) in [4.78, 5) is 34.2. The van der Waals surface area contributed by atoms with Crippen LogP contribution < -0.4 is 0 Å². The summed E-state index contributed by atoms with van der Waals surface area (Å²) in [6, 6.07) is 25.3. The molecule has 1 unspecified atom stereocenters. The van der Waals surface area contributed by atoms with E-state index in [9.17, 15) is 9.59 Å². The summed E-state index contributed by atoms with van der Waals surface area (Å²) in [7, 11) is 0. The predicted molar refractivity (Wildman–Crippen MR) is 132 cm³/mol. The smallest absolute Gasteiger partial charge is 0.328 e. The highest BCUT2D eigenvalue weighted by Crippen LogP contribution is 2.44. The lowest BCUT2D eigenvalue weighted by atomic mass is 9.88. The number of nitrogens with one attached hydrogen (secondary N) is 1. The maximum absolute atomic E-state index is 13.8. The molecule has 3 heterocycles. The van der Waals surface area contributed by atoms with Crippen molar-refractivity contribution in [3.05, 3.63) is 107 Å². The van der Waals surface area contributed by atoms with E-state index in [0.717, 1.165) is 33.3 Å². The van der Waals surface area contributed by atoms with Gasteiger partial charge in [0.25, 0.3) is 5.91 Å². The Morgan fingerprint density at radius 1 is 0.912 bits per heavy atom. The van der Waals surface area contributed by atoms with Gasteiger partial charge in [-0.25, -0.2) is 4.79 Å². The van der Waals surface area contributed by atoms with Gasteiger partial charge in [-0.3, -0.25) is 14.6 Å². The Morgan fingerprint density at radius 2 is 1.62 bits per heavy atom. The number of carbonyl (C=O) groups is 2. The molecule has 2 atom stereocenters. The van der Waals surface area contributed by atoms with Crippen molar-refractivity contribution in [1.82, 2.24) is 14.8 Å². The van der Waals surface area contributed by atoms with Gasteiger partial charge >= 0.3 is 6.03 Å². The highest BCUT2D eigenvalue weighted by Gasteiger charge is 2.52. The highest BCUT2D eigenvalue weighted by molar-refractivity contribution is 6.05. The lowest BCUT2D eigenvalue weighted by Crippen LogP contribution is -2.44. The zero-order valence-electron chi connectivity index (χ0n) is 19.4. The molecular formula is C29H27N3O2. The SMILES string of the molecule is CC(C)c1ccc(C2c3[nH]c4ccccc4c3C[C@H]3C(=O)N(Cc4ccccc4)C(=O)N23)cc1. The molecule has 0 bridgehead atoms. The molecule has 5 heteroatoms. The number of H-pyrrole nitrogens is 1. The minimum Gasteiger partial charge on any atom is -0.356 e. The van der Waals surface area contributed by atoms with E-state index in [4.69, 9.17) is 0 Å². The number of aromatic amines is 1. The molecular weight excluding hydrogens is 422 g/mol. The van der Waals surface area contributed by atoms with Crippen LogP contribution in [0.3, 0.4) is 0 Å². The molecule has 1 N–H and O–H groups in total. The van der Waals surface area contributed by atoms with Crippen molar-refractivity contribution in [2.75, 3.05) is 0 Å². The summed E-state index contributed by atoms with van der Waals surface area (Å²) in [6.07, 6.45) is 0.524. The number of hydrogen-bond acceptors (Lipinski definition) is 2. The molecule has 2 aliphatic rings. The minimum atomic E-state index is -0.502. The standard InChI is InChI=1S/C29H27N3O2/c1-18(2)20-12-14-21(15-13-20)27-26-23(22-10-6-7-11-24(22)30-26)16-25-28(33)31(29(34)32(25)27)17-19-8-4-3-5-9-19/h3-15,18,25,27,30H,16-17H2,1-2H3/t25-,27?/m0/s1. The lowest BCUT2D eigenvalue weighted by molar-refractivity contribution is -0.129. The third-order valence-corrected chi connectivity index (χ3v) is 7.24. The quantitative estimate of drug-likeness (QED) is 0.402. The molecule has 4 aromatic rings. The van der Waals surface area contributed by atoms with Crippen molar-refractivity contribution in [3.63, 3.8) is 0 Å². The molecule has 5 nitrogen and oxygen atoms in total. The van der Waals surface area contributed by atoms with E-state index in [1.54, 1.807) is 4.90 Å². The first-order valence-corrected chi connectivity index (χ1v) is 11.9. The number of para-hydroxylation sites is 1. The van der Waals surface area contributed by atoms with Gasteiger partial charge < -0.3 is 4.98 Å². The molecule has 0 spiro atoms. The molecule has 3 aromatic carbocycles. The number of aromatic nitrogens is 1. The van der Waals surface area contributed by atoms with Crippen molar-refractivity contribution in [1.29, 1.82) is 0 Å². The molecule has 1 saturated heterocycles. The summed E-state index contributed by atoms with van der Waals surface area (Å²) >= 11 is 0. The first-order chi connectivity index (χ1) is 16.5. The van der Waals surface area contributed by atoms with Crippen LogP contribution in [0.1, 0.15) is 53.8 Å². The number of fused-ring (bicyclic) bond motifs is 4. The molecule has 3 amide bonds. The van der Waals surface area contributed by atoms with Crippen molar-refractivity contribution in [3.8, 4) is 0 Å². The topological polar surface area (TPSA) is 56.4 Å². The summed E-state index contributed by atoms with van der Waals surface area (Å²) < 4.78 is 0. The fourth-order valence-electron chi connectivity index (χ4n) is 5.45. The second-order valence-electron chi connectivity index (χ2n) is 9.61. The van der Waals surface area contributed by atoms with Gasteiger partial charge in [0.15, 0.2) is 0 Å². The van der Waals surface area contributed by atoms with Gasteiger partial charge in [0, 0.05) is 23.0 Å². The second-order valence-corrected chi connectivity index (χ2v) is 9.61. The zero-order chi connectivity index (χ0) is 23.4. The molecule has 0 saturated carbocycles. The highest BCUT2D eigenvalue weighted by atomic mass is 16.2. The van der Waals surface area contributed by atoms with E-state index in [1.807, 2.05) is 42.5 Å². The van der Waals surface area contributed by atoms with E-state index in [0.29, 0.717) is 18.9 Å². The number of carbonyl (C=O) groups excluding carboxylic acids is 2. The monoisotopic (exact) mass is 449 g/mol. The fourth-order valence-corrected chi connectivity index (χ4v) is 5.45. The third kappa shape index (κ3) is 3.15. The summed E-state index contributed by atoms with van der Waals surface area (Å²) in [5.41, 5.74) is 6.41. The fraction of sp³-hybridized carbons (Fsp3) is 0.241. The van der Waals surface area contributed by atoms with Crippen LogP contribution in [-0.4, -0.2) is 32.8 Å². The van der Waals surface area contributed by atoms with Crippen LogP contribution >= 0.6 is 0 Å². The molecule has 2 aliphatic heterocycles. The summed E-state index contributed by atoms with van der Waals surface area (Å²) in [5.74, 6) is 0.307. The average molecular weight is 450 g/mol. The normalized spacial score (nSPS) is 19.7. The molecule has 6 rings (SSSR count). The first kappa shape index (κ1) is 20.7. The minimum absolute atomic E-state index is 0.117. The van der Waals surface area contributed by atoms with E-state index in [-0.39, 0.29) is 18.0 Å². The second kappa shape index (κ2) is 7.87. The van der Waals surface area contributed by atoms with Gasteiger partial charge in [0.2, 0.25) is 0 Å². The number of hydrogen-bond donors (Lipinski definition) is 1. The molecule has 0 radical (unpaired) electrons. The van der Waals surface area contributed by atoms with Gasteiger partial charge in [0.05, 0.1) is 6.54 Å². The van der Waals surface area contributed by atoms with Crippen LogP contribution in [0, 0.1) is 0 Å². The van der Waals surface area contributed by atoms with E-state index < -0.39 is 6.04 Å².